The van der Waals surface area contributed by atoms with Crippen molar-refractivity contribution in [3.63, 3.8) is 0 Å². The first-order chi connectivity index (χ1) is 21.4. The lowest BCUT2D eigenvalue weighted by Crippen LogP contribution is -2.33. The van der Waals surface area contributed by atoms with Crippen LogP contribution in [0.15, 0.2) is 59.0 Å². The Hall–Kier alpha value is -3.56. The number of ketones is 1. The minimum Gasteiger partial charge on any atom is -0.456 e. The van der Waals surface area contributed by atoms with Crippen LogP contribution in [0.4, 0.5) is 11.4 Å². The maximum Gasteiger partial charge on any atom is 0.325 e. The van der Waals surface area contributed by atoms with E-state index in [0.717, 1.165) is 77.3 Å². The molecule has 0 fully saturated rings. The summed E-state index contributed by atoms with van der Waals surface area (Å²) in [4.78, 5) is 26.6. The third kappa shape index (κ3) is 8.42. The van der Waals surface area contributed by atoms with Gasteiger partial charge in [0.25, 0.3) is 0 Å². The van der Waals surface area contributed by atoms with Gasteiger partial charge in [-0.25, -0.2) is 4.58 Å². The molecule has 1 unspecified atom stereocenters. The number of nitrogens with one attached hydrogen (secondary N) is 1. The summed E-state index contributed by atoms with van der Waals surface area (Å²) in [5.74, 6) is 0.671. The molecule has 9 nitrogen and oxygen atoms in total. The van der Waals surface area contributed by atoms with Crippen molar-refractivity contribution >= 4 is 53.1 Å². The van der Waals surface area contributed by atoms with Crippen molar-refractivity contribution in [2.24, 2.45) is 0 Å². The molecule has 46 heavy (non-hydrogen) atoms. The fraction of sp³-hybridized carbons (Fsp3) is 0.400. The van der Waals surface area contributed by atoms with Crippen LogP contribution < -0.4 is 20.1 Å². The Morgan fingerprint density at radius 2 is 1.70 bits per heavy atom. The normalized spacial score (nSPS) is 12.3. The molecule has 0 saturated heterocycles. The van der Waals surface area contributed by atoms with Crippen LogP contribution in [0.25, 0.3) is 33.4 Å². The van der Waals surface area contributed by atoms with Crippen molar-refractivity contribution in [3.8, 4) is 22.5 Å². The molecule has 11 heteroatoms. The first-order valence-electron chi connectivity index (χ1n) is 15.4. The van der Waals surface area contributed by atoms with Gasteiger partial charge in [-0.2, -0.15) is 0 Å². The molecule has 2 aliphatic rings. The first kappa shape index (κ1) is 36.9. The van der Waals surface area contributed by atoms with E-state index in [-0.39, 0.29) is 19.8 Å². The lowest BCUT2D eigenvalue weighted by Gasteiger charge is -2.23. The van der Waals surface area contributed by atoms with Crippen LogP contribution in [0.1, 0.15) is 52.4 Å². The lowest BCUT2D eigenvalue weighted by atomic mass is 9.89. The van der Waals surface area contributed by atoms with Gasteiger partial charge in [0.1, 0.15) is 24.4 Å². The molecule has 0 amide bonds. The van der Waals surface area contributed by atoms with Crippen LogP contribution in [0.5, 0.6) is 0 Å². The zero-order chi connectivity index (χ0) is 32.9. The number of carbonyl (C=O) groups is 1. The molecular formula is C35H48N4O5PS+. The van der Waals surface area contributed by atoms with E-state index in [1.165, 1.54) is 0 Å². The summed E-state index contributed by atoms with van der Waals surface area (Å²) in [5, 5.41) is 5.59. The van der Waals surface area contributed by atoms with E-state index in [0.29, 0.717) is 22.9 Å². The highest BCUT2D eigenvalue weighted by Crippen LogP contribution is 2.42. The molecule has 0 aromatic heterocycles. The number of hydrogen-bond donors (Lipinski definition) is 2. The maximum atomic E-state index is 13.2. The Kier molecular flexibility index (Phi) is 12.7. The SMILES string of the molecule is C.CCN(CC)c1ccc2c(-c3ccc(NC(=S)N(C)CCOP(C)(=O)O)cc3C(C)=O)c3ccc(=[N+](CC)CC)cc-3oc2c1. The lowest BCUT2D eigenvalue weighted by molar-refractivity contribution is 0.101. The highest BCUT2D eigenvalue weighted by molar-refractivity contribution is 7.80. The van der Waals surface area contributed by atoms with Crippen LogP contribution in [0.3, 0.4) is 0 Å². The van der Waals surface area contributed by atoms with Gasteiger partial charge in [0.2, 0.25) is 5.36 Å². The summed E-state index contributed by atoms with van der Waals surface area (Å²) in [6.07, 6.45) is 0. The summed E-state index contributed by atoms with van der Waals surface area (Å²) in [6, 6.07) is 18.2. The van der Waals surface area contributed by atoms with Gasteiger partial charge < -0.3 is 29.0 Å². The molecule has 0 bridgehead atoms. The smallest absolute Gasteiger partial charge is 0.325 e. The molecule has 4 rings (SSSR count). The summed E-state index contributed by atoms with van der Waals surface area (Å²) >= 11 is 5.56. The fourth-order valence-corrected chi connectivity index (χ4v) is 6.16. The van der Waals surface area contributed by atoms with E-state index >= 15 is 0 Å². The number of thiocarbonyl (C=S) groups is 1. The predicted molar refractivity (Wildman–Crippen MR) is 195 cm³/mol. The molecule has 2 aromatic rings. The monoisotopic (exact) mass is 667 g/mol. The molecule has 1 heterocycles. The molecule has 248 valence electrons. The van der Waals surface area contributed by atoms with Crippen LogP contribution in [0.2, 0.25) is 0 Å². The first-order valence-corrected chi connectivity index (χ1v) is 17.8. The molecule has 1 atom stereocenters. The largest absolute Gasteiger partial charge is 0.456 e. The van der Waals surface area contributed by atoms with Crippen molar-refractivity contribution in [2.75, 3.05) is 63.3 Å². The number of rotatable bonds is 12. The number of benzene rings is 3. The number of hydrogen-bond acceptors (Lipinski definition) is 6. The average Bonchev–Trinajstić information content (AvgIpc) is 3.00. The Bertz CT molecular complexity index is 1790. The number of fused-ring (bicyclic) bond motifs is 2. The number of carbonyl (C=O) groups excluding carboxylic acids is 1. The van der Waals surface area contributed by atoms with Crippen molar-refractivity contribution in [3.05, 3.63) is 65.5 Å². The minimum atomic E-state index is -3.57. The van der Waals surface area contributed by atoms with Gasteiger partial charge in [0.05, 0.1) is 12.7 Å². The third-order valence-electron chi connectivity index (χ3n) is 7.97. The summed E-state index contributed by atoms with van der Waals surface area (Å²) in [5.41, 5.74) is 5.70. The molecular weight excluding hydrogens is 619 g/mol. The van der Waals surface area contributed by atoms with E-state index in [1.54, 1.807) is 18.9 Å². The molecule has 1 aliphatic carbocycles. The second-order valence-corrected chi connectivity index (χ2v) is 13.2. The molecule has 2 N–H and O–H groups in total. The second kappa shape index (κ2) is 15.8. The number of nitrogens with zero attached hydrogens (tertiary/aromatic N) is 3. The summed E-state index contributed by atoms with van der Waals surface area (Å²) < 4.78 is 25.3. The van der Waals surface area contributed by atoms with Gasteiger partial charge >= 0.3 is 7.60 Å². The summed E-state index contributed by atoms with van der Waals surface area (Å²) in [7, 11) is -1.80. The predicted octanol–water partition coefficient (Wildman–Crippen LogP) is 7.16. The Balaban J connectivity index is 0.00000576. The van der Waals surface area contributed by atoms with Gasteiger partial charge in [0, 0.05) is 78.9 Å². The molecule has 1 aliphatic heterocycles. The molecule has 0 spiro atoms. The Morgan fingerprint density at radius 1 is 1.02 bits per heavy atom. The van der Waals surface area contributed by atoms with Gasteiger partial charge in [-0.3, -0.25) is 9.36 Å². The van der Waals surface area contributed by atoms with Crippen molar-refractivity contribution in [1.29, 1.82) is 0 Å². The topological polar surface area (TPSA) is 98.3 Å². The standard InChI is InChI=1S/C34H43N4O5PS.CH4/c1-8-37(9-2)25-13-16-28-31(21-25)43-32-22-26(38(10-3)11-4)14-17-29(32)33(28)27-15-12-24(20-30(27)23(5)39)35-34(45)36(6)18-19-42-44(7,40)41;/h12-17,20-22H,8-11,18-19H2,1-7H3,(H,40,41);1H4/p+1. The van der Waals surface area contributed by atoms with E-state index in [9.17, 15) is 14.3 Å². The van der Waals surface area contributed by atoms with Gasteiger partial charge in [-0.05, 0) is 82.7 Å². The van der Waals surface area contributed by atoms with Crippen molar-refractivity contribution in [2.45, 2.75) is 42.0 Å². The highest BCUT2D eigenvalue weighted by Gasteiger charge is 2.23. The van der Waals surface area contributed by atoms with Crippen LogP contribution in [-0.2, 0) is 9.09 Å². The van der Waals surface area contributed by atoms with Crippen LogP contribution >= 0.6 is 19.8 Å². The molecule has 0 saturated carbocycles. The van der Waals surface area contributed by atoms with Crippen molar-refractivity contribution in [1.82, 2.24) is 9.48 Å². The van der Waals surface area contributed by atoms with E-state index in [4.69, 9.17) is 21.2 Å². The highest BCUT2D eigenvalue weighted by atomic mass is 32.1. The number of anilines is 2. The van der Waals surface area contributed by atoms with Gasteiger partial charge in [-0.1, -0.05) is 13.5 Å². The average molecular weight is 668 g/mol. The van der Waals surface area contributed by atoms with Crippen molar-refractivity contribution < 1.29 is 23.2 Å². The minimum absolute atomic E-state index is 0. The van der Waals surface area contributed by atoms with Gasteiger partial charge in [-0.15, -0.1) is 0 Å². The van der Waals surface area contributed by atoms with E-state index < -0.39 is 7.60 Å². The number of Topliss-reactive ketones (excluding diaryl/α,β-unsaturated/α-hetero) is 1. The van der Waals surface area contributed by atoms with Gasteiger partial charge in [0.15, 0.2) is 10.9 Å². The molecule has 2 aromatic carbocycles. The van der Waals surface area contributed by atoms with Crippen LogP contribution in [-0.4, -0.2) is 73.7 Å². The zero-order valence-corrected chi connectivity index (χ0v) is 28.9. The number of likely N-dealkylation sites (N-methyl/N-ethyl adjacent to an activating group) is 1. The van der Waals surface area contributed by atoms with E-state index in [2.05, 4.69) is 78.9 Å². The van der Waals surface area contributed by atoms with E-state index in [1.807, 2.05) is 18.2 Å². The molecule has 0 radical (unpaired) electrons. The fourth-order valence-electron chi connectivity index (χ4n) is 5.53. The third-order valence-corrected chi connectivity index (χ3v) is 9.05. The quantitative estimate of drug-likeness (QED) is 0.0536. The Labute approximate surface area is 278 Å². The van der Waals surface area contributed by atoms with Crippen LogP contribution in [0, 0.1) is 0 Å². The second-order valence-electron chi connectivity index (χ2n) is 11.0. The maximum absolute atomic E-state index is 13.2. The Morgan fingerprint density at radius 3 is 2.30 bits per heavy atom. The summed E-state index contributed by atoms with van der Waals surface area (Å²) in [6.45, 7) is 15.1. The zero-order valence-electron chi connectivity index (χ0n) is 27.2.